The third-order valence-corrected chi connectivity index (χ3v) is 6.33. The molecule has 1 heterocycles. The van der Waals surface area contributed by atoms with Gasteiger partial charge in [0.1, 0.15) is 0 Å². The maximum absolute atomic E-state index is 5.86. The van der Waals surface area contributed by atoms with Crippen molar-refractivity contribution in [3.8, 4) is 0 Å². The normalized spacial score (nSPS) is 47.8. The second kappa shape index (κ2) is 4.43. The third kappa shape index (κ3) is 1.95. The Labute approximate surface area is 109 Å². The number of fused-ring (bicyclic) bond motifs is 1. The average molecular weight is 255 g/mol. The summed E-state index contributed by atoms with van der Waals surface area (Å²) in [5.74, 6) is 0.790. The summed E-state index contributed by atoms with van der Waals surface area (Å²) in [5, 5.41) is 4.84. The van der Waals surface area contributed by atoms with Crippen molar-refractivity contribution in [1.82, 2.24) is 5.32 Å². The molecule has 0 radical (unpaired) electrons. The molecule has 3 aliphatic rings. The van der Waals surface area contributed by atoms with Crippen molar-refractivity contribution >= 4 is 11.8 Å². The first-order chi connectivity index (χ1) is 8.13. The van der Waals surface area contributed by atoms with Gasteiger partial charge in [-0.25, -0.2) is 0 Å². The number of hydrogen-bond donors (Lipinski definition) is 1. The molecule has 0 amide bonds. The van der Waals surface area contributed by atoms with Crippen molar-refractivity contribution < 1.29 is 4.74 Å². The molecule has 98 valence electrons. The maximum atomic E-state index is 5.86. The van der Waals surface area contributed by atoms with Crippen LogP contribution < -0.4 is 5.32 Å². The minimum Gasteiger partial charge on any atom is -0.377 e. The molecule has 2 saturated carbocycles. The predicted molar refractivity (Wildman–Crippen MR) is 73.5 cm³/mol. The van der Waals surface area contributed by atoms with Crippen molar-refractivity contribution in [3.63, 3.8) is 0 Å². The highest BCUT2D eigenvalue weighted by molar-refractivity contribution is 7.99. The minimum atomic E-state index is 0.346. The molecule has 3 heteroatoms. The zero-order valence-electron chi connectivity index (χ0n) is 11.2. The maximum Gasteiger partial charge on any atom is 0.0685 e. The molecule has 0 bridgehead atoms. The van der Waals surface area contributed by atoms with E-state index in [4.69, 9.17) is 4.74 Å². The number of ether oxygens (including phenoxy) is 1. The van der Waals surface area contributed by atoms with Crippen LogP contribution in [0.5, 0.6) is 0 Å². The van der Waals surface area contributed by atoms with Gasteiger partial charge in [-0.3, -0.25) is 0 Å². The van der Waals surface area contributed by atoms with E-state index in [2.05, 4.69) is 25.4 Å². The van der Waals surface area contributed by atoms with Crippen LogP contribution in [0, 0.1) is 11.3 Å². The average Bonchev–Trinajstić information content (AvgIpc) is 2.93. The second-order valence-corrected chi connectivity index (χ2v) is 7.72. The van der Waals surface area contributed by atoms with Gasteiger partial charge in [0.05, 0.1) is 6.10 Å². The Balaban J connectivity index is 1.59. The summed E-state index contributed by atoms with van der Waals surface area (Å²) < 4.78 is 5.86. The van der Waals surface area contributed by atoms with E-state index >= 15 is 0 Å². The second-order valence-electron chi connectivity index (χ2n) is 6.58. The molecule has 17 heavy (non-hydrogen) atoms. The van der Waals surface area contributed by atoms with E-state index in [-0.39, 0.29) is 0 Å². The Morgan fingerprint density at radius 2 is 2.06 bits per heavy atom. The Morgan fingerprint density at radius 3 is 2.76 bits per heavy atom. The highest BCUT2D eigenvalue weighted by Gasteiger charge is 2.59. The quantitative estimate of drug-likeness (QED) is 0.838. The van der Waals surface area contributed by atoms with Gasteiger partial charge >= 0.3 is 0 Å². The van der Waals surface area contributed by atoms with Gasteiger partial charge in [-0.2, -0.15) is 11.8 Å². The van der Waals surface area contributed by atoms with Crippen LogP contribution in [-0.4, -0.2) is 36.3 Å². The Bertz CT molecular complexity index is 294. The molecule has 0 aromatic carbocycles. The van der Waals surface area contributed by atoms with Crippen LogP contribution in [0.4, 0.5) is 0 Å². The van der Waals surface area contributed by atoms with Crippen molar-refractivity contribution in [1.29, 1.82) is 0 Å². The summed E-state index contributed by atoms with van der Waals surface area (Å²) >= 11 is 2.04. The predicted octanol–water partition coefficient (Wildman–Crippen LogP) is 2.67. The summed E-state index contributed by atoms with van der Waals surface area (Å²) in [7, 11) is 0. The van der Waals surface area contributed by atoms with Crippen LogP contribution in [-0.2, 0) is 4.74 Å². The molecule has 0 aromatic rings. The van der Waals surface area contributed by atoms with Crippen LogP contribution in [0.1, 0.15) is 39.5 Å². The summed E-state index contributed by atoms with van der Waals surface area (Å²) in [6.45, 7) is 5.73. The zero-order chi connectivity index (χ0) is 12.0. The number of nitrogens with one attached hydrogen (secondary N) is 1. The fraction of sp³-hybridized carbons (Fsp3) is 1.00. The molecule has 1 aliphatic heterocycles. The Hall–Kier alpha value is 0.270. The SMILES string of the molecule is CSC1CCC(NC2C3CCOC3C2(C)C)C1. The van der Waals surface area contributed by atoms with Gasteiger partial charge in [-0.1, -0.05) is 13.8 Å². The van der Waals surface area contributed by atoms with Crippen molar-refractivity contribution in [2.45, 2.75) is 63.0 Å². The summed E-state index contributed by atoms with van der Waals surface area (Å²) in [5.41, 5.74) is 0.346. The summed E-state index contributed by atoms with van der Waals surface area (Å²) in [6, 6.07) is 1.46. The zero-order valence-corrected chi connectivity index (χ0v) is 12.1. The lowest BCUT2D eigenvalue weighted by atomic mass is 9.57. The van der Waals surface area contributed by atoms with Gasteiger partial charge in [0.25, 0.3) is 0 Å². The van der Waals surface area contributed by atoms with Crippen LogP contribution >= 0.6 is 11.8 Å². The molecule has 3 rings (SSSR count). The first-order valence-corrected chi connectivity index (χ1v) is 8.32. The van der Waals surface area contributed by atoms with Gasteiger partial charge in [0.2, 0.25) is 0 Å². The van der Waals surface area contributed by atoms with Gasteiger partial charge in [0.15, 0.2) is 0 Å². The van der Waals surface area contributed by atoms with E-state index in [9.17, 15) is 0 Å². The molecule has 0 spiro atoms. The monoisotopic (exact) mass is 255 g/mol. The molecule has 3 fully saturated rings. The number of thioether (sulfide) groups is 1. The van der Waals surface area contributed by atoms with Crippen LogP contribution in [0.3, 0.4) is 0 Å². The Kier molecular flexibility index (Phi) is 3.21. The van der Waals surface area contributed by atoms with E-state index in [1.54, 1.807) is 0 Å². The largest absolute Gasteiger partial charge is 0.377 e. The molecule has 5 atom stereocenters. The van der Waals surface area contributed by atoms with Crippen LogP contribution in [0.2, 0.25) is 0 Å². The Morgan fingerprint density at radius 1 is 1.24 bits per heavy atom. The van der Waals surface area contributed by atoms with Gasteiger partial charge in [0, 0.05) is 35.3 Å². The first kappa shape index (κ1) is 12.3. The van der Waals surface area contributed by atoms with Gasteiger partial charge < -0.3 is 10.1 Å². The van der Waals surface area contributed by atoms with Gasteiger partial charge in [-0.15, -0.1) is 0 Å². The summed E-state index contributed by atoms with van der Waals surface area (Å²) in [6.07, 6.45) is 8.18. The van der Waals surface area contributed by atoms with E-state index in [1.165, 1.54) is 25.7 Å². The fourth-order valence-corrected chi connectivity index (χ4v) is 5.02. The van der Waals surface area contributed by atoms with Gasteiger partial charge in [-0.05, 0) is 31.9 Å². The highest BCUT2D eigenvalue weighted by Crippen LogP contribution is 2.52. The standard InChI is InChI=1S/C14H25NOS/c1-14(2)12(11-6-7-16-13(11)14)15-9-4-5-10(8-9)17-3/h9-13,15H,4-8H2,1-3H3. The van der Waals surface area contributed by atoms with Crippen LogP contribution in [0.15, 0.2) is 0 Å². The lowest BCUT2D eigenvalue weighted by molar-refractivity contribution is -0.115. The number of hydrogen-bond acceptors (Lipinski definition) is 3. The van der Waals surface area contributed by atoms with Crippen molar-refractivity contribution in [2.24, 2.45) is 11.3 Å². The van der Waals surface area contributed by atoms with Crippen molar-refractivity contribution in [2.75, 3.05) is 12.9 Å². The van der Waals surface area contributed by atoms with Crippen molar-refractivity contribution in [3.05, 3.63) is 0 Å². The molecule has 0 aromatic heterocycles. The highest BCUT2D eigenvalue weighted by atomic mass is 32.2. The van der Waals surface area contributed by atoms with E-state index in [0.29, 0.717) is 17.6 Å². The lowest BCUT2D eigenvalue weighted by Gasteiger charge is -2.55. The van der Waals surface area contributed by atoms with E-state index < -0.39 is 0 Å². The van der Waals surface area contributed by atoms with E-state index in [0.717, 1.165) is 23.8 Å². The molecule has 2 aliphatic carbocycles. The smallest absolute Gasteiger partial charge is 0.0685 e. The first-order valence-electron chi connectivity index (χ1n) is 7.03. The minimum absolute atomic E-state index is 0.346. The fourth-order valence-electron chi connectivity index (χ4n) is 4.22. The van der Waals surface area contributed by atoms with Crippen LogP contribution in [0.25, 0.3) is 0 Å². The molecular formula is C14H25NOS. The molecule has 1 N–H and O–H groups in total. The molecule has 5 unspecified atom stereocenters. The molecule has 1 saturated heterocycles. The topological polar surface area (TPSA) is 21.3 Å². The summed E-state index contributed by atoms with van der Waals surface area (Å²) in [4.78, 5) is 0. The third-order valence-electron chi connectivity index (χ3n) is 5.23. The van der Waals surface area contributed by atoms with E-state index in [1.807, 2.05) is 11.8 Å². The number of rotatable bonds is 3. The lowest BCUT2D eigenvalue weighted by Crippen LogP contribution is -2.67. The molecular weight excluding hydrogens is 230 g/mol. The molecule has 2 nitrogen and oxygen atoms in total.